The number of nitrogens with zero attached hydrogens (tertiary/aromatic N) is 2. The van der Waals surface area contributed by atoms with Crippen LogP contribution in [-0.2, 0) is 14.8 Å². The van der Waals surface area contributed by atoms with Crippen LogP contribution in [0.3, 0.4) is 0 Å². The molecule has 0 radical (unpaired) electrons. The van der Waals surface area contributed by atoms with Gasteiger partial charge in [0.15, 0.2) is 0 Å². The molecular weight excluding hydrogens is 350 g/mol. The van der Waals surface area contributed by atoms with E-state index < -0.39 is 10.0 Å². The van der Waals surface area contributed by atoms with Crippen LogP contribution >= 0.6 is 0 Å². The van der Waals surface area contributed by atoms with E-state index in [4.69, 9.17) is 4.74 Å². The predicted molar refractivity (Wildman–Crippen MR) is 100 cm³/mol. The van der Waals surface area contributed by atoms with Crippen LogP contribution in [0.4, 0.5) is 0 Å². The predicted octanol–water partition coefficient (Wildman–Crippen LogP) is 1.87. The summed E-state index contributed by atoms with van der Waals surface area (Å²) < 4.78 is 34.0. The lowest BCUT2D eigenvalue weighted by atomic mass is 9.71. The first-order valence-corrected chi connectivity index (χ1v) is 10.5. The fraction of sp³-hybridized carbons (Fsp3) is 0.526. The number of nitrogens with one attached hydrogen (secondary N) is 1. The maximum absolute atomic E-state index is 13.5. The van der Waals surface area contributed by atoms with Crippen molar-refractivity contribution in [1.82, 2.24) is 14.6 Å². The van der Waals surface area contributed by atoms with E-state index in [1.807, 2.05) is 18.2 Å². The zero-order chi connectivity index (χ0) is 18.2. The van der Waals surface area contributed by atoms with Gasteiger partial charge in [-0.15, -0.1) is 0 Å². The molecule has 0 saturated carbocycles. The summed E-state index contributed by atoms with van der Waals surface area (Å²) in [6.07, 6.45) is 3.62. The van der Waals surface area contributed by atoms with Crippen molar-refractivity contribution in [1.29, 1.82) is 0 Å². The molecule has 1 aromatic heterocycles. The minimum absolute atomic E-state index is 0.00629. The summed E-state index contributed by atoms with van der Waals surface area (Å²) in [5, 5.41) is 4.23. The normalized spacial score (nSPS) is 23.7. The van der Waals surface area contributed by atoms with Crippen LogP contribution < -0.4 is 5.32 Å². The van der Waals surface area contributed by atoms with E-state index >= 15 is 0 Å². The third-order valence-electron chi connectivity index (χ3n) is 5.96. The van der Waals surface area contributed by atoms with E-state index in [0.717, 1.165) is 31.3 Å². The van der Waals surface area contributed by atoms with Gasteiger partial charge in [-0.25, -0.2) is 8.42 Å². The highest BCUT2D eigenvalue weighted by atomic mass is 32.2. The largest absolute Gasteiger partial charge is 0.384 e. The van der Waals surface area contributed by atoms with Gasteiger partial charge in [0.05, 0.1) is 12.1 Å². The monoisotopic (exact) mass is 375 g/mol. The SMILES string of the molecule is COCC1CN(S(=O)(=O)c2cccc3cccnc23)CC12CCNCC2. The van der Waals surface area contributed by atoms with Crippen LogP contribution in [0.25, 0.3) is 10.9 Å². The lowest BCUT2D eigenvalue weighted by molar-refractivity contribution is 0.0718. The summed E-state index contributed by atoms with van der Waals surface area (Å²) in [7, 11) is -1.90. The molecule has 1 aromatic carbocycles. The Morgan fingerprint density at radius 2 is 2.04 bits per heavy atom. The summed E-state index contributed by atoms with van der Waals surface area (Å²) >= 11 is 0. The van der Waals surface area contributed by atoms with Crippen LogP contribution in [0.15, 0.2) is 41.4 Å². The van der Waals surface area contributed by atoms with Crippen LogP contribution in [0, 0.1) is 11.3 Å². The van der Waals surface area contributed by atoms with Crippen molar-refractivity contribution < 1.29 is 13.2 Å². The first kappa shape index (κ1) is 17.9. The maximum atomic E-state index is 13.5. The van der Waals surface area contributed by atoms with E-state index in [-0.39, 0.29) is 11.3 Å². The Morgan fingerprint density at radius 1 is 1.27 bits per heavy atom. The van der Waals surface area contributed by atoms with Gasteiger partial charge in [-0.2, -0.15) is 4.31 Å². The highest BCUT2D eigenvalue weighted by molar-refractivity contribution is 7.89. The van der Waals surface area contributed by atoms with Gasteiger partial charge >= 0.3 is 0 Å². The van der Waals surface area contributed by atoms with Gasteiger partial charge < -0.3 is 10.1 Å². The molecule has 1 atom stereocenters. The van der Waals surface area contributed by atoms with Crippen molar-refractivity contribution >= 4 is 20.9 Å². The van der Waals surface area contributed by atoms with Gasteiger partial charge in [0.25, 0.3) is 0 Å². The fourth-order valence-electron chi connectivity index (χ4n) is 4.51. The van der Waals surface area contributed by atoms with Gasteiger partial charge in [-0.1, -0.05) is 18.2 Å². The number of aromatic nitrogens is 1. The molecule has 2 saturated heterocycles. The van der Waals surface area contributed by atoms with E-state index in [0.29, 0.717) is 30.1 Å². The number of hydrogen-bond acceptors (Lipinski definition) is 5. The molecule has 7 heteroatoms. The summed E-state index contributed by atoms with van der Waals surface area (Å²) in [6.45, 7) is 3.54. The Labute approximate surface area is 154 Å². The van der Waals surface area contributed by atoms with E-state index in [9.17, 15) is 8.42 Å². The summed E-state index contributed by atoms with van der Waals surface area (Å²) in [6, 6.07) is 9.08. The average molecular weight is 375 g/mol. The summed E-state index contributed by atoms with van der Waals surface area (Å²) in [5.74, 6) is 0.229. The number of para-hydroxylation sites is 1. The van der Waals surface area contributed by atoms with E-state index in [1.54, 1.807) is 29.7 Å². The standard InChI is InChI=1S/C19H25N3O3S/c1-25-13-16-12-22(14-19(16)7-10-20-11-8-19)26(23,24)17-6-2-4-15-5-3-9-21-18(15)17/h2-6,9,16,20H,7-8,10-14H2,1H3. The fourth-order valence-corrected chi connectivity index (χ4v) is 6.26. The molecule has 0 aliphatic carbocycles. The summed E-state index contributed by atoms with van der Waals surface area (Å²) in [5.41, 5.74) is 0.552. The molecule has 3 heterocycles. The van der Waals surface area contributed by atoms with Crippen molar-refractivity contribution in [2.45, 2.75) is 17.7 Å². The molecule has 2 aliphatic heterocycles. The van der Waals surface area contributed by atoms with E-state index in [2.05, 4.69) is 10.3 Å². The number of piperidine rings is 1. The van der Waals surface area contributed by atoms with Gasteiger partial charge in [0.1, 0.15) is 4.90 Å². The Bertz CT molecular complexity index is 889. The van der Waals surface area contributed by atoms with Crippen molar-refractivity contribution in [3.8, 4) is 0 Å². The third kappa shape index (κ3) is 2.93. The zero-order valence-electron chi connectivity index (χ0n) is 15.0. The smallest absolute Gasteiger partial charge is 0.245 e. The number of sulfonamides is 1. The third-order valence-corrected chi connectivity index (χ3v) is 7.81. The zero-order valence-corrected chi connectivity index (χ0v) is 15.8. The van der Waals surface area contributed by atoms with Crippen molar-refractivity contribution in [3.63, 3.8) is 0 Å². The van der Waals surface area contributed by atoms with Crippen LogP contribution in [0.5, 0.6) is 0 Å². The number of hydrogen-bond donors (Lipinski definition) is 1. The molecule has 2 aromatic rings. The molecule has 6 nitrogen and oxygen atoms in total. The maximum Gasteiger partial charge on any atom is 0.245 e. The molecular formula is C19H25N3O3S. The van der Waals surface area contributed by atoms with Gasteiger partial charge in [-0.3, -0.25) is 4.98 Å². The van der Waals surface area contributed by atoms with Gasteiger partial charge in [0.2, 0.25) is 10.0 Å². The molecule has 1 unspecified atom stereocenters. The Kier molecular flexibility index (Phi) is 4.73. The molecule has 2 aliphatic rings. The molecule has 1 spiro atoms. The van der Waals surface area contributed by atoms with Gasteiger partial charge in [0, 0.05) is 37.7 Å². The van der Waals surface area contributed by atoms with Crippen molar-refractivity contribution in [2.75, 3.05) is 39.9 Å². The second kappa shape index (κ2) is 6.88. The number of methoxy groups -OCH3 is 1. The topological polar surface area (TPSA) is 71.5 Å². The molecule has 1 N–H and O–H groups in total. The summed E-state index contributed by atoms with van der Waals surface area (Å²) in [4.78, 5) is 4.64. The number of pyridine rings is 1. The van der Waals surface area contributed by atoms with Crippen LogP contribution in [-0.4, -0.2) is 57.6 Å². The molecule has 4 rings (SSSR count). The Hall–Kier alpha value is -1.54. The van der Waals surface area contributed by atoms with Gasteiger partial charge in [-0.05, 0) is 43.5 Å². The second-order valence-electron chi connectivity index (χ2n) is 7.39. The molecule has 2 fully saturated rings. The first-order chi connectivity index (χ1) is 12.6. The highest BCUT2D eigenvalue weighted by Gasteiger charge is 2.50. The lowest BCUT2D eigenvalue weighted by Crippen LogP contribution is -2.43. The minimum atomic E-state index is -3.60. The van der Waals surface area contributed by atoms with Crippen molar-refractivity contribution in [3.05, 3.63) is 36.5 Å². The molecule has 140 valence electrons. The highest BCUT2D eigenvalue weighted by Crippen LogP contribution is 2.45. The Balaban J connectivity index is 1.72. The molecule has 26 heavy (non-hydrogen) atoms. The number of ether oxygens (including phenoxy) is 1. The number of benzene rings is 1. The van der Waals surface area contributed by atoms with Crippen LogP contribution in [0.2, 0.25) is 0 Å². The number of fused-ring (bicyclic) bond motifs is 1. The second-order valence-corrected chi connectivity index (χ2v) is 9.30. The molecule has 0 bridgehead atoms. The quantitative estimate of drug-likeness (QED) is 0.883. The Morgan fingerprint density at radius 3 is 2.81 bits per heavy atom. The minimum Gasteiger partial charge on any atom is -0.384 e. The van der Waals surface area contributed by atoms with E-state index in [1.165, 1.54) is 0 Å². The average Bonchev–Trinajstić information content (AvgIpc) is 3.00. The molecule has 0 amide bonds. The lowest BCUT2D eigenvalue weighted by Gasteiger charge is -2.38. The number of rotatable bonds is 4. The van der Waals surface area contributed by atoms with Crippen LogP contribution in [0.1, 0.15) is 12.8 Å². The van der Waals surface area contributed by atoms with Crippen molar-refractivity contribution in [2.24, 2.45) is 11.3 Å². The first-order valence-electron chi connectivity index (χ1n) is 9.10.